The van der Waals surface area contributed by atoms with Crippen LogP contribution >= 0.6 is 0 Å². The molecule has 0 amide bonds. The molecule has 18 heavy (non-hydrogen) atoms. The van der Waals surface area contributed by atoms with Gasteiger partial charge in [-0.05, 0) is 25.1 Å². The number of fused-ring (bicyclic) bond motifs is 1. The number of nitrogens with zero attached hydrogens (tertiary/aromatic N) is 4. The van der Waals surface area contributed by atoms with Crippen molar-refractivity contribution in [2.45, 2.75) is 13.8 Å². The highest BCUT2D eigenvalue weighted by Crippen LogP contribution is 2.22. The van der Waals surface area contributed by atoms with E-state index in [-0.39, 0.29) is 0 Å². The minimum absolute atomic E-state index is 1.03. The zero-order valence-electron chi connectivity index (χ0n) is 11.1. The van der Waals surface area contributed by atoms with Crippen LogP contribution in [0.15, 0.2) is 24.7 Å². The van der Waals surface area contributed by atoms with Gasteiger partial charge < -0.3 is 14.2 Å². The second kappa shape index (κ2) is 4.61. The van der Waals surface area contributed by atoms with Crippen molar-refractivity contribution in [2.24, 2.45) is 0 Å². The lowest BCUT2D eigenvalue weighted by Gasteiger charge is -2.36. The third kappa shape index (κ3) is 1.97. The molecule has 4 heteroatoms. The van der Waals surface area contributed by atoms with Gasteiger partial charge in [0.15, 0.2) is 0 Å². The molecule has 1 fully saturated rings. The molecule has 0 saturated carbocycles. The van der Waals surface area contributed by atoms with Gasteiger partial charge in [-0.15, -0.1) is 0 Å². The minimum atomic E-state index is 1.03. The van der Waals surface area contributed by atoms with Crippen LogP contribution in [0.3, 0.4) is 0 Å². The van der Waals surface area contributed by atoms with E-state index in [1.807, 2.05) is 12.4 Å². The number of piperazine rings is 1. The lowest BCUT2D eigenvalue weighted by atomic mass is 10.2. The Balaban J connectivity index is 1.87. The first-order valence-corrected chi connectivity index (χ1v) is 6.68. The number of anilines is 1. The van der Waals surface area contributed by atoms with E-state index < -0.39 is 0 Å². The van der Waals surface area contributed by atoms with E-state index in [4.69, 9.17) is 0 Å². The molecule has 3 heterocycles. The normalized spacial score (nSPS) is 17.6. The van der Waals surface area contributed by atoms with E-state index in [1.54, 1.807) is 0 Å². The molecule has 3 rings (SSSR count). The lowest BCUT2D eigenvalue weighted by Crippen LogP contribution is -2.46. The minimum Gasteiger partial charge on any atom is -0.368 e. The van der Waals surface area contributed by atoms with Gasteiger partial charge in [0.05, 0.1) is 5.69 Å². The Kier molecular flexibility index (Phi) is 2.96. The van der Waals surface area contributed by atoms with Crippen LogP contribution in [0.5, 0.6) is 0 Å². The van der Waals surface area contributed by atoms with E-state index in [9.17, 15) is 0 Å². The Morgan fingerprint density at radius 1 is 1.22 bits per heavy atom. The van der Waals surface area contributed by atoms with Gasteiger partial charge in [-0.1, -0.05) is 6.92 Å². The Morgan fingerprint density at radius 3 is 2.72 bits per heavy atom. The number of aromatic nitrogens is 2. The second-order valence-electron chi connectivity index (χ2n) is 4.96. The van der Waals surface area contributed by atoms with E-state index in [2.05, 4.69) is 45.3 Å². The number of aryl methyl sites for hydroxylation is 1. The number of pyridine rings is 1. The highest BCUT2D eigenvalue weighted by atomic mass is 15.3. The van der Waals surface area contributed by atoms with Crippen LogP contribution in [0, 0.1) is 6.92 Å². The maximum absolute atomic E-state index is 4.33. The number of hydrogen-bond donors (Lipinski definition) is 0. The topological polar surface area (TPSA) is 23.8 Å². The van der Waals surface area contributed by atoms with Crippen molar-refractivity contribution in [3.8, 4) is 0 Å². The maximum atomic E-state index is 4.33. The number of hydrogen-bond acceptors (Lipinski definition) is 3. The van der Waals surface area contributed by atoms with Gasteiger partial charge in [-0.2, -0.15) is 0 Å². The molecule has 0 aromatic carbocycles. The zero-order valence-corrected chi connectivity index (χ0v) is 11.1. The van der Waals surface area contributed by atoms with Crippen LogP contribution in [0.4, 0.5) is 5.69 Å². The molecular weight excluding hydrogens is 224 g/mol. The molecule has 0 aliphatic carbocycles. The summed E-state index contributed by atoms with van der Waals surface area (Å²) in [5.74, 6) is 0. The average molecular weight is 244 g/mol. The summed E-state index contributed by atoms with van der Waals surface area (Å²) in [5.41, 5.74) is 3.69. The SMILES string of the molecule is CCN1CCN(c2cn3ccnc3cc2C)CC1. The molecule has 0 bridgehead atoms. The van der Waals surface area contributed by atoms with Crippen molar-refractivity contribution in [1.29, 1.82) is 0 Å². The smallest absolute Gasteiger partial charge is 0.137 e. The Morgan fingerprint density at radius 2 is 2.00 bits per heavy atom. The third-order valence-electron chi connectivity index (χ3n) is 3.87. The quantitative estimate of drug-likeness (QED) is 0.804. The molecule has 4 nitrogen and oxygen atoms in total. The molecule has 1 aliphatic rings. The molecule has 0 unspecified atom stereocenters. The molecule has 1 aliphatic heterocycles. The summed E-state index contributed by atoms with van der Waals surface area (Å²) in [6.45, 7) is 10.1. The van der Waals surface area contributed by atoms with E-state index >= 15 is 0 Å². The molecule has 2 aromatic heterocycles. The summed E-state index contributed by atoms with van der Waals surface area (Å²) in [6.07, 6.45) is 6.08. The number of imidazole rings is 1. The molecule has 2 aromatic rings. The van der Waals surface area contributed by atoms with E-state index in [1.165, 1.54) is 11.3 Å². The molecule has 0 radical (unpaired) electrons. The summed E-state index contributed by atoms with van der Waals surface area (Å²) in [6, 6.07) is 2.17. The highest BCUT2D eigenvalue weighted by molar-refractivity contribution is 5.58. The maximum Gasteiger partial charge on any atom is 0.137 e. The van der Waals surface area contributed by atoms with E-state index in [0.29, 0.717) is 0 Å². The Hall–Kier alpha value is -1.55. The molecular formula is C14H20N4. The predicted molar refractivity (Wildman–Crippen MR) is 74.3 cm³/mol. The van der Waals surface area contributed by atoms with E-state index in [0.717, 1.165) is 38.4 Å². The predicted octanol–water partition coefficient (Wildman–Crippen LogP) is 1.78. The molecule has 0 spiro atoms. The van der Waals surface area contributed by atoms with Crippen LogP contribution in [-0.4, -0.2) is 47.0 Å². The standard InChI is InChI=1S/C14H20N4/c1-3-16-6-8-17(9-7-16)13-11-18-5-4-15-14(18)10-12(13)2/h4-5,10-11H,3,6-9H2,1-2H3. The van der Waals surface area contributed by atoms with Crippen LogP contribution in [0.1, 0.15) is 12.5 Å². The fraction of sp³-hybridized carbons (Fsp3) is 0.500. The van der Waals surface area contributed by atoms with Crippen molar-refractivity contribution in [3.63, 3.8) is 0 Å². The number of rotatable bonds is 2. The first-order valence-electron chi connectivity index (χ1n) is 6.68. The third-order valence-corrected chi connectivity index (χ3v) is 3.87. The van der Waals surface area contributed by atoms with Gasteiger partial charge in [0.2, 0.25) is 0 Å². The van der Waals surface area contributed by atoms with Crippen molar-refractivity contribution >= 4 is 11.3 Å². The van der Waals surface area contributed by atoms with Gasteiger partial charge in [0, 0.05) is 44.8 Å². The Labute approximate surface area is 108 Å². The van der Waals surface area contributed by atoms with Crippen molar-refractivity contribution < 1.29 is 0 Å². The average Bonchev–Trinajstić information content (AvgIpc) is 2.85. The summed E-state index contributed by atoms with van der Waals surface area (Å²) >= 11 is 0. The largest absolute Gasteiger partial charge is 0.368 e. The molecule has 0 atom stereocenters. The zero-order chi connectivity index (χ0) is 12.5. The molecule has 96 valence electrons. The van der Waals surface area contributed by atoms with Gasteiger partial charge in [0.25, 0.3) is 0 Å². The Bertz CT molecular complexity index is 538. The van der Waals surface area contributed by atoms with Crippen molar-refractivity contribution in [1.82, 2.24) is 14.3 Å². The van der Waals surface area contributed by atoms with Crippen LogP contribution in [0.2, 0.25) is 0 Å². The monoisotopic (exact) mass is 244 g/mol. The van der Waals surface area contributed by atoms with Gasteiger partial charge in [-0.25, -0.2) is 4.98 Å². The fourth-order valence-corrected chi connectivity index (χ4v) is 2.68. The second-order valence-corrected chi connectivity index (χ2v) is 4.96. The summed E-state index contributed by atoms with van der Waals surface area (Å²) < 4.78 is 2.11. The van der Waals surface area contributed by atoms with Gasteiger partial charge >= 0.3 is 0 Å². The van der Waals surface area contributed by atoms with Gasteiger partial charge in [-0.3, -0.25) is 0 Å². The van der Waals surface area contributed by atoms with Crippen molar-refractivity contribution in [2.75, 3.05) is 37.6 Å². The highest BCUT2D eigenvalue weighted by Gasteiger charge is 2.17. The van der Waals surface area contributed by atoms with Crippen LogP contribution in [-0.2, 0) is 0 Å². The summed E-state index contributed by atoms with van der Waals surface area (Å²) in [5, 5.41) is 0. The first kappa shape index (κ1) is 11.5. The summed E-state index contributed by atoms with van der Waals surface area (Å²) in [7, 11) is 0. The summed E-state index contributed by atoms with van der Waals surface area (Å²) in [4.78, 5) is 9.32. The van der Waals surface area contributed by atoms with Crippen LogP contribution in [0.25, 0.3) is 5.65 Å². The fourth-order valence-electron chi connectivity index (χ4n) is 2.68. The van der Waals surface area contributed by atoms with Crippen molar-refractivity contribution in [3.05, 3.63) is 30.2 Å². The molecule has 1 saturated heterocycles. The molecule has 0 N–H and O–H groups in total. The number of likely N-dealkylation sites (N-methyl/N-ethyl adjacent to an activating group) is 1. The van der Waals surface area contributed by atoms with Crippen LogP contribution < -0.4 is 4.90 Å². The lowest BCUT2D eigenvalue weighted by molar-refractivity contribution is 0.271. The first-order chi connectivity index (χ1) is 8.78. The van der Waals surface area contributed by atoms with Gasteiger partial charge in [0.1, 0.15) is 5.65 Å².